The van der Waals surface area contributed by atoms with E-state index in [0.717, 1.165) is 116 Å². The average molecular weight is 1410 g/mol. The first-order chi connectivity index (χ1) is 46.7. The third-order valence-electron chi connectivity index (χ3n) is 17.4. The number of unbranched alkanes of at least 4 members (excludes halogenated alkanes) is 46. The van der Waals surface area contributed by atoms with Crippen LogP contribution >= 0.6 is 15.6 Å². The molecule has 0 aliphatic carbocycles. The van der Waals surface area contributed by atoms with Gasteiger partial charge in [0.05, 0.1) is 26.4 Å². The van der Waals surface area contributed by atoms with Crippen molar-refractivity contribution < 1.29 is 80.2 Å². The number of esters is 4. The summed E-state index contributed by atoms with van der Waals surface area (Å²) in [6.07, 6.45) is 64.4. The minimum absolute atomic E-state index is 0.0934. The highest BCUT2D eigenvalue weighted by Crippen LogP contribution is 2.45. The van der Waals surface area contributed by atoms with E-state index < -0.39 is 97.5 Å². The van der Waals surface area contributed by atoms with E-state index in [1.54, 1.807) is 0 Å². The average Bonchev–Trinajstić information content (AvgIpc) is 1.15. The van der Waals surface area contributed by atoms with E-state index in [0.29, 0.717) is 25.7 Å². The number of carbonyl (C=O) groups excluding carboxylic acids is 4. The monoisotopic (exact) mass is 1410 g/mol. The zero-order chi connectivity index (χ0) is 70.4. The number of rotatable bonds is 76. The number of phosphoric acid groups is 2. The summed E-state index contributed by atoms with van der Waals surface area (Å²) >= 11 is 0. The summed E-state index contributed by atoms with van der Waals surface area (Å²) < 4.78 is 68.5. The third kappa shape index (κ3) is 70.0. The van der Waals surface area contributed by atoms with Gasteiger partial charge in [-0.1, -0.05) is 309 Å². The van der Waals surface area contributed by atoms with Crippen molar-refractivity contribution in [1.82, 2.24) is 0 Å². The van der Waals surface area contributed by atoms with E-state index in [2.05, 4.69) is 52.0 Å². The standard InChI is InChI=1S/C77H146O17P2/c1-5-9-13-17-21-25-29-33-35-39-41-45-49-53-57-61-74(79)87-67-72(93-76(81)63-59-55-51-47-43-37-31-27-23-19-15-11-7-3)69-91-95(83,84)89-65-71(78)66-90-96(85,86)92-70-73(94-77(82)64-60-56-52-48-44-38-32-28-24-20-16-12-8-4)68-88-75(80)62-58-54-50-46-42-40-36-34-30-26-22-18-14-10-6-2/h27-28,31-32,71-73,78H,5-26,29-30,33-70H2,1-4H3,(H,83,84)(H,85,86)/b31-27-,32-28-. The van der Waals surface area contributed by atoms with E-state index in [1.807, 2.05) is 0 Å². The van der Waals surface area contributed by atoms with Crippen molar-refractivity contribution in [3.63, 3.8) is 0 Å². The molecule has 0 amide bonds. The quantitative estimate of drug-likeness (QED) is 0.0169. The highest BCUT2D eigenvalue weighted by Gasteiger charge is 2.30. The van der Waals surface area contributed by atoms with Crippen LogP contribution in [0.3, 0.4) is 0 Å². The predicted octanol–water partition coefficient (Wildman–Crippen LogP) is 22.6. The van der Waals surface area contributed by atoms with Gasteiger partial charge in [-0.05, 0) is 77.0 Å². The van der Waals surface area contributed by atoms with E-state index >= 15 is 0 Å². The number of aliphatic hydroxyl groups is 1. The van der Waals surface area contributed by atoms with Crippen LogP contribution in [0, 0.1) is 0 Å². The van der Waals surface area contributed by atoms with Gasteiger partial charge in [0.1, 0.15) is 19.3 Å². The van der Waals surface area contributed by atoms with E-state index in [4.69, 9.17) is 37.0 Å². The number of ether oxygens (including phenoxy) is 4. The van der Waals surface area contributed by atoms with Gasteiger partial charge in [-0.15, -0.1) is 0 Å². The molecule has 0 aromatic rings. The Kier molecular flexibility index (Phi) is 69.1. The molecule has 0 saturated heterocycles. The molecular formula is C77H146O17P2. The fourth-order valence-corrected chi connectivity index (χ4v) is 12.9. The Hall–Kier alpha value is -2.46. The number of allylic oxidation sites excluding steroid dienone is 4. The van der Waals surface area contributed by atoms with Crippen molar-refractivity contribution in [2.24, 2.45) is 0 Å². The second kappa shape index (κ2) is 71.0. The van der Waals surface area contributed by atoms with Crippen LogP contribution in [0.15, 0.2) is 24.3 Å². The number of hydrogen-bond acceptors (Lipinski definition) is 15. The Balaban J connectivity index is 5.28. The lowest BCUT2D eigenvalue weighted by molar-refractivity contribution is -0.161. The molecule has 0 aromatic carbocycles. The van der Waals surface area contributed by atoms with Gasteiger partial charge in [-0.2, -0.15) is 0 Å². The van der Waals surface area contributed by atoms with Crippen LogP contribution in [0.5, 0.6) is 0 Å². The molecular weight excluding hydrogens is 1260 g/mol. The maximum atomic E-state index is 13.1. The topological polar surface area (TPSA) is 237 Å². The molecule has 0 aliphatic heterocycles. The molecule has 0 spiro atoms. The fourth-order valence-electron chi connectivity index (χ4n) is 11.3. The lowest BCUT2D eigenvalue weighted by Crippen LogP contribution is -2.30. The molecule has 3 N–H and O–H groups in total. The lowest BCUT2D eigenvalue weighted by atomic mass is 10.0. The second-order valence-electron chi connectivity index (χ2n) is 27.0. The SMILES string of the molecule is CCCCCC/C=C\CCCCCCCC(=O)OC(COC(=O)CCCCCCCCCCCCCCCCC)COP(=O)(O)OCC(O)COP(=O)(O)OCC(COC(=O)CCCCCCCCCCCCCCCCC)OC(=O)CCCCCCC/C=C\CCCCCC. The summed E-state index contributed by atoms with van der Waals surface area (Å²) in [6, 6.07) is 0. The van der Waals surface area contributed by atoms with Gasteiger partial charge >= 0.3 is 39.5 Å². The van der Waals surface area contributed by atoms with Crippen molar-refractivity contribution in [2.45, 2.75) is 406 Å². The molecule has 4 unspecified atom stereocenters. The van der Waals surface area contributed by atoms with Gasteiger partial charge in [0, 0.05) is 25.7 Å². The Labute approximate surface area is 586 Å². The van der Waals surface area contributed by atoms with Crippen LogP contribution in [0.2, 0.25) is 0 Å². The molecule has 19 heteroatoms. The Bertz CT molecular complexity index is 1790. The van der Waals surface area contributed by atoms with Crippen molar-refractivity contribution in [3.8, 4) is 0 Å². The zero-order valence-electron chi connectivity index (χ0n) is 61.8. The minimum Gasteiger partial charge on any atom is -0.462 e. The fraction of sp³-hybridized carbons (Fsp3) is 0.896. The molecule has 0 heterocycles. The van der Waals surface area contributed by atoms with Crippen LogP contribution in [0.25, 0.3) is 0 Å². The summed E-state index contributed by atoms with van der Waals surface area (Å²) in [5, 5.41) is 10.6. The van der Waals surface area contributed by atoms with E-state index in [1.165, 1.54) is 193 Å². The molecule has 0 bridgehead atoms. The van der Waals surface area contributed by atoms with Gasteiger partial charge in [0.15, 0.2) is 12.2 Å². The van der Waals surface area contributed by atoms with Gasteiger partial charge < -0.3 is 33.8 Å². The second-order valence-corrected chi connectivity index (χ2v) is 29.9. The number of hydrogen-bond donors (Lipinski definition) is 3. The van der Waals surface area contributed by atoms with Gasteiger partial charge in [-0.25, -0.2) is 9.13 Å². The van der Waals surface area contributed by atoms with Crippen LogP contribution in [0.4, 0.5) is 0 Å². The molecule has 0 aliphatic rings. The molecule has 0 saturated carbocycles. The molecule has 4 atom stereocenters. The molecule has 17 nitrogen and oxygen atoms in total. The molecule has 566 valence electrons. The largest absolute Gasteiger partial charge is 0.472 e. The Morgan fingerprint density at radius 3 is 0.729 bits per heavy atom. The molecule has 0 radical (unpaired) electrons. The van der Waals surface area contributed by atoms with Gasteiger partial charge in [-0.3, -0.25) is 37.3 Å². The summed E-state index contributed by atoms with van der Waals surface area (Å²) in [5.41, 5.74) is 0. The zero-order valence-corrected chi connectivity index (χ0v) is 63.6. The summed E-state index contributed by atoms with van der Waals surface area (Å²) in [6.45, 7) is 4.93. The predicted molar refractivity (Wildman–Crippen MR) is 391 cm³/mol. The molecule has 0 aromatic heterocycles. The van der Waals surface area contributed by atoms with Crippen molar-refractivity contribution in [1.29, 1.82) is 0 Å². The van der Waals surface area contributed by atoms with Crippen LogP contribution in [-0.4, -0.2) is 96.7 Å². The Morgan fingerprint density at radius 1 is 0.281 bits per heavy atom. The maximum Gasteiger partial charge on any atom is 0.472 e. The van der Waals surface area contributed by atoms with Crippen molar-refractivity contribution >= 4 is 39.5 Å². The van der Waals surface area contributed by atoms with Gasteiger partial charge in [0.25, 0.3) is 0 Å². The van der Waals surface area contributed by atoms with Crippen molar-refractivity contribution in [3.05, 3.63) is 24.3 Å². The van der Waals surface area contributed by atoms with Crippen LogP contribution in [-0.2, 0) is 65.4 Å². The smallest absolute Gasteiger partial charge is 0.462 e. The first kappa shape index (κ1) is 93.5. The number of aliphatic hydroxyl groups excluding tert-OH is 1. The number of carbonyl (C=O) groups is 4. The van der Waals surface area contributed by atoms with Crippen LogP contribution in [0.1, 0.15) is 387 Å². The van der Waals surface area contributed by atoms with Crippen molar-refractivity contribution in [2.75, 3.05) is 39.6 Å². The van der Waals surface area contributed by atoms with E-state index in [-0.39, 0.29) is 25.7 Å². The Morgan fingerprint density at radius 2 is 0.479 bits per heavy atom. The molecule has 0 rings (SSSR count). The maximum absolute atomic E-state index is 13.1. The third-order valence-corrected chi connectivity index (χ3v) is 19.3. The highest BCUT2D eigenvalue weighted by molar-refractivity contribution is 7.47. The normalized spacial score (nSPS) is 14.0. The van der Waals surface area contributed by atoms with E-state index in [9.17, 15) is 43.2 Å². The number of phosphoric ester groups is 2. The molecule has 0 fully saturated rings. The first-order valence-electron chi connectivity index (χ1n) is 39.6. The minimum atomic E-state index is -4.96. The first-order valence-corrected chi connectivity index (χ1v) is 42.6. The van der Waals surface area contributed by atoms with Crippen LogP contribution < -0.4 is 0 Å². The lowest BCUT2D eigenvalue weighted by Gasteiger charge is -2.21. The van der Waals surface area contributed by atoms with Gasteiger partial charge in [0.2, 0.25) is 0 Å². The summed E-state index contributed by atoms with van der Waals surface area (Å²) in [7, 11) is -9.92. The highest BCUT2D eigenvalue weighted by atomic mass is 31.2. The summed E-state index contributed by atoms with van der Waals surface area (Å²) in [4.78, 5) is 72.9. The molecule has 96 heavy (non-hydrogen) atoms. The summed E-state index contributed by atoms with van der Waals surface area (Å²) in [5.74, 6) is -2.14.